The normalized spacial score (nSPS) is 16.9. The van der Waals surface area contributed by atoms with Crippen LogP contribution >= 0.6 is 0 Å². The fourth-order valence-corrected chi connectivity index (χ4v) is 2.40. The van der Waals surface area contributed by atoms with Gasteiger partial charge in [-0.3, -0.25) is 4.79 Å². The Hall–Kier alpha value is -1.66. The van der Waals surface area contributed by atoms with Crippen LogP contribution in [-0.2, 0) is 6.42 Å². The van der Waals surface area contributed by atoms with Crippen molar-refractivity contribution in [2.45, 2.75) is 32.2 Å². The number of rotatable bonds is 4. The monoisotopic (exact) mass is 277 g/mol. The summed E-state index contributed by atoms with van der Waals surface area (Å²) in [5, 5.41) is 3.10. The van der Waals surface area contributed by atoms with Crippen LogP contribution in [0.4, 0.5) is 5.82 Å². The van der Waals surface area contributed by atoms with Gasteiger partial charge in [-0.1, -0.05) is 6.92 Å². The molecule has 2 heterocycles. The van der Waals surface area contributed by atoms with Crippen LogP contribution in [0.15, 0.2) is 12.1 Å². The van der Waals surface area contributed by atoms with E-state index in [1.807, 2.05) is 13.0 Å². The molecule has 2 rings (SSSR count). The van der Waals surface area contributed by atoms with Crippen LogP contribution in [-0.4, -0.2) is 42.0 Å². The number of aromatic nitrogens is 1. The van der Waals surface area contributed by atoms with E-state index in [-0.39, 0.29) is 11.9 Å². The van der Waals surface area contributed by atoms with Gasteiger partial charge in [0.15, 0.2) is 0 Å². The van der Waals surface area contributed by atoms with Crippen LogP contribution < -0.4 is 16.6 Å². The fourth-order valence-electron chi connectivity index (χ4n) is 2.40. The lowest BCUT2D eigenvalue weighted by molar-refractivity contribution is 0.0916. The SMILES string of the molecule is CCc1cc(C(=O)NC2CCN(C)CC2)cc(NN)n1. The minimum atomic E-state index is -0.0480. The minimum Gasteiger partial charge on any atom is -0.349 e. The molecule has 0 bridgehead atoms. The molecule has 1 saturated heterocycles. The largest absolute Gasteiger partial charge is 0.349 e. The van der Waals surface area contributed by atoms with Crippen molar-refractivity contribution in [2.75, 3.05) is 25.6 Å². The molecule has 0 radical (unpaired) electrons. The molecular formula is C14H23N5O. The van der Waals surface area contributed by atoms with Crippen molar-refractivity contribution in [3.63, 3.8) is 0 Å². The average Bonchev–Trinajstić information content (AvgIpc) is 2.48. The molecule has 1 aliphatic heterocycles. The molecule has 1 aromatic rings. The van der Waals surface area contributed by atoms with E-state index in [9.17, 15) is 4.79 Å². The van der Waals surface area contributed by atoms with E-state index in [4.69, 9.17) is 5.84 Å². The second-order valence-corrected chi connectivity index (χ2v) is 5.28. The van der Waals surface area contributed by atoms with Gasteiger partial charge in [0.05, 0.1) is 0 Å². The number of anilines is 1. The van der Waals surface area contributed by atoms with Crippen molar-refractivity contribution in [1.29, 1.82) is 0 Å². The van der Waals surface area contributed by atoms with Gasteiger partial charge >= 0.3 is 0 Å². The zero-order valence-electron chi connectivity index (χ0n) is 12.1. The number of nitrogens with one attached hydrogen (secondary N) is 2. The number of aryl methyl sites for hydroxylation is 1. The number of amides is 1. The summed E-state index contributed by atoms with van der Waals surface area (Å²) in [6.45, 7) is 4.05. The molecule has 0 unspecified atom stereocenters. The number of piperidine rings is 1. The number of nitrogens with zero attached hydrogens (tertiary/aromatic N) is 2. The summed E-state index contributed by atoms with van der Waals surface area (Å²) in [4.78, 5) is 18.9. The molecule has 1 aromatic heterocycles. The Morgan fingerprint density at radius 3 is 2.75 bits per heavy atom. The molecule has 110 valence electrons. The van der Waals surface area contributed by atoms with Gasteiger partial charge in [0.25, 0.3) is 5.91 Å². The smallest absolute Gasteiger partial charge is 0.251 e. The first-order valence-electron chi connectivity index (χ1n) is 7.09. The van der Waals surface area contributed by atoms with Crippen LogP contribution in [0.5, 0.6) is 0 Å². The van der Waals surface area contributed by atoms with Crippen molar-refractivity contribution in [1.82, 2.24) is 15.2 Å². The van der Waals surface area contributed by atoms with E-state index < -0.39 is 0 Å². The molecule has 0 atom stereocenters. The first-order chi connectivity index (χ1) is 9.62. The average molecular weight is 277 g/mol. The van der Waals surface area contributed by atoms with Gasteiger partial charge in [0.1, 0.15) is 5.82 Å². The molecule has 0 aromatic carbocycles. The Morgan fingerprint density at radius 1 is 1.45 bits per heavy atom. The molecule has 6 heteroatoms. The highest BCUT2D eigenvalue weighted by molar-refractivity contribution is 5.95. The Bertz CT molecular complexity index is 446. The van der Waals surface area contributed by atoms with E-state index in [1.165, 1.54) is 0 Å². The van der Waals surface area contributed by atoms with Crippen LogP contribution in [0.1, 0.15) is 35.8 Å². The number of nitrogen functional groups attached to an aromatic ring is 1. The Labute approximate surface area is 119 Å². The highest BCUT2D eigenvalue weighted by Crippen LogP contribution is 2.13. The highest BCUT2D eigenvalue weighted by Gasteiger charge is 2.19. The number of hydrogen-bond acceptors (Lipinski definition) is 5. The molecule has 0 aliphatic carbocycles. The summed E-state index contributed by atoms with van der Waals surface area (Å²) in [6, 6.07) is 3.76. The molecule has 1 amide bonds. The van der Waals surface area contributed by atoms with Crippen LogP contribution in [0.25, 0.3) is 0 Å². The molecule has 1 aliphatic rings. The zero-order chi connectivity index (χ0) is 14.5. The van der Waals surface area contributed by atoms with Gasteiger partial charge < -0.3 is 15.6 Å². The molecule has 0 saturated carbocycles. The molecule has 6 nitrogen and oxygen atoms in total. The first-order valence-corrected chi connectivity index (χ1v) is 7.09. The maximum Gasteiger partial charge on any atom is 0.251 e. The number of likely N-dealkylation sites (tertiary alicyclic amines) is 1. The highest BCUT2D eigenvalue weighted by atomic mass is 16.1. The molecule has 4 N–H and O–H groups in total. The van der Waals surface area contributed by atoms with Gasteiger partial charge in [-0.2, -0.15) is 0 Å². The van der Waals surface area contributed by atoms with E-state index in [2.05, 4.69) is 27.7 Å². The van der Waals surface area contributed by atoms with Crippen LogP contribution in [0.3, 0.4) is 0 Å². The summed E-state index contributed by atoms with van der Waals surface area (Å²) in [6.07, 6.45) is 2.76. The third-order valence-electron chi connectivity index (χ3n) is 3.70. The maximum absolute atomic E-state index is 12.3. The standard InChI is InChI=1S/C14H23N5O/c1-3-11-8-10(9-13(16-11)18-15)14(20)17-12-4-6-19(2)7-5-12/h8-9,12H,3-7,15H2,1-2H3,(H,16,18)(H,17,20). The lowest BCUT2D eigenvalue weighted by Crippen LogP contribution is -2.43. The third kappa shape index (κ3) is 3.68. The predicted molar refractivity (Wildman–Crippen MR) is 79.4 cm³/mol. The molecule has 0 spiro atoms. The van der Waals surface area contributed by atoms with Crippen molar-refractivity contribution >= 4 is 11.7 Å². The topological polar surface area (TPSA) is 83.3 Å². The number of pyridine rings is 1. The Balaban J connectivity index is 2.04. The Kier molecular flexibility index (Phi) is 4.92. The van der Waals surface area contributed by atoms with Crippen molar-refractivity contribution in [3.8, 4) is 0 Å². The van der Waals surface area contributed by atoms with Gasteiger partial charge in [-0.25, -0.2) is 10.8 Å². The second kappa shape index (κ2) is 6.67. The van der Waals surface area contributed by atoms with E-state index in [0.717, 1.165) is 38.0 Å². The van der Waals surface area contributed by atoms with E-state index >= 15 is 0 Å². The van der Waals surface area contributed by atoms with Crippen molar-refractivity contribution < 1.29 is 4.79 Å². The molecule has 1 fully saturated rings. The molecule has 20 heavy (non-hydrogen) atoms. The van der Waals surface area contributed by atoms with Gasteiger partial charge in [0.2, 0.25) is 0 Å². The maximum atomic E-state index is 12.3. The minimum absolute atomic E-state index is 0.0480. The lowest BCUT2D eigenvalue weighted by Gasteiger charge is -2.29. The summed E-state index contributed by atoms with van der Waals surface area (Å²) in [7, 11) is 2.10. The number of hydrazine groups is 1. The number of nitrogens with two attached hydrogens (primary N) is 1. The summed E-state index contributed by atoms with van der Waals surface area (Å²) in [5.74, 6) is 5.87. The third-order valence-corrected chi connectivity index (χ3v) is 3.70. The number of hydrogen-bond donors (Lipinski definition) is 3. The lowest BCUT2D eigenvalue weighted by atomic mass is 10.0. The number of carbonyl (C=O) groups excluding carboxylic acids is 1. The summed E-state index contributed by atoms with van der Waals surface area (Å²) >= 11 is 0. The van der Waals surface area contributed by atoms with E-state index in [0.29, 0.717) is 11.4 Å². The quantitative estimate of drug-likeness (QED) is 0.559. The van der Waals surface area contributed by atoms with Crippen molar-refractivity contribution in [2.24, 2.45) is 5.84 Å². The summed E-state index contributed by atoms with van der Waals surface area (Å²) in [5.41, 5.74) is 3.98. The van der Waals surface area contributed by atoms with Crippen LogP contribution in [0, 0.1) is 0 Å². The first kappa shape index (κ1) is 14.7. The molecular weight excluding hydrogens is 254 g/mol. The predicted octanol–water partition coefficient (Wildman–Crippen LogP) is 0.754. The van der Waals surface area contributed by atoms with Gasteiger partial charge in [0, 0.05) is 17.3 Å². The zero-order valence-corrected chi connectivity index (χ0v) is 12.1. The van der Waals surface area contributed by atoms with Gasteiger partial charge in [-0.15, -0.1) is 0 Å². The number of carbonyl (C=O) groups is 1. The van der Waals surface area contributed by atoms with E-state index in [1.54, 1.807) is 6.07 Å². The Morgan fingerprint density at radius 2 is 2.15 bits per heavy atom. The fraction of sp³-hybridized carbons (Fsp3) is 0.571. The second-order valence-electron chi connectivity index (χ2n) is 5.28. The summed E-state index contributed by atoms with van der Waals surface area (Å²) < 4.78 is 0. The van der Waals surface area contributed by atoms with Gasteiger partial charge in [-0.05, 0) is 51.5 Å². The van der Waals surface area contributed by atoms with Crippen molar-refractivity contribution in [3.05, 3.63) is 23.4 Å². The van der Waals surface area contributed by atoms with Crippen LogP contribution in [0.2, 0.25) is 0 Å².